The van der Waals surface area contributed by atoms with Crippen LogP contribution < -0.4 is 10.4 Å². The number of carboxylic acid groups (broad SMARTS) is 1. The summed E-state index contributed by atoms with van der Waals surface area (Å²) in [5.41, 5.74) is 1.20. The van der Waals surface area contributed by atoms with E-state index in [1.807, 2.05) is 18.2 Å². The van der Waals surface area contributed by atoms with Crippen LogP contribution in [-0.2, 0) is 11.2 Å². The Balaban J connectivity index is 2.12. The number of rotatable bonds is 5. The van der Waals surface area contributed by atoms with E-state index in [1.54, 1.807) is 36.4 Å². The molecule has 1 amide bonds. The van der Waals surface area contributed by atoms with Crippen LogP contribution in [0, 0.1) is 0 Å². The average molecular weight is 347 g/mol. The van der Waals surface area contributed by atoms with Gasteiger partial charge in [-0.1, -0.05) is 42.5 Å². The first kappa shape index (κ1) is 15.3. The number of hydrogen-bond donors (Lipinski definition) is 1. The van der Waals surface area contributed by atoms with Gasteiger partial charge in [-0.05, 0) is 40.0 Å². The summed E-state index contributed by atoms with van der Waals surface area (Å²) in [5.74, 6) is -1.76. The molecule has 4 nitrogen and oxygen atoms in total. The number of benzene rings is 2. The molecule has 108 valence electrons. The Morgan fingerprint density at radius 1 is 1.05 bits per heavy atom. The number of aliphatic carboxylic acids is 1. The highest BCUT2D eigenvalue weighted by Crippen LogP contribution is 2.16. The highest BCUT2D eigenvalue weighted by Gasteiger charge is 2.16. The minimum atomic E-state index is -1.31. The van der Waals surface area contributed by atoms with E-state index in [9.17, 15) is 14.7 Å². The van der Waals surface area contributed by atoms with E-state index in [4.69, 9.17) is 0 Å². The van der Waals surface area contributed by atoms with E-state index in [-0.39, 0.29) is 6.42 Å². The summed E-state index contributed by atoms with van der Waals surface area (Å²) in [7, 11) is 0. The molecule has 0 aliphatic carbocycles. The monoisotopic (exact) mass is 346 g/mol. The molecule has 0 aliphatic heterocycles. The van der Waals surface area contributed by atoms with E-state index >= 15 is 0 Å². The van der Waals surface area contributed by atoms with Crippen LogP contribution in [0.15, 0.2) is 59.1 Å². The third kappa shape index (κ3) is 4.16. The normalized spacial score (nSPS) is 11.7. The van der Waals surface area contributed by atoms with Gasteiger partial charge in [-0.15, -0.1) is 0 Å². The highest BCUT2D eigenvalue weighted by molar-refractivity contribution is 9.10. The summed E-state index contributed by atoms with van der Waals surface area (Å²) in [6.07, 6.45) is 0.180. The maximum absolute atomic E-state index is 12.1. The number of carbonyl (C=O) groups excluding carboxylic acids is 2. The second kappa shape index (κ2) is 7.04. The molecule has 0 heterocycles. The second-order valence-electron chi connectivity index (χ2n) is 4.51. The van der Waals surface area contributed by atoms with Crippen LogP contribution in [0.25, 0.3) is 0 Å². The van der Waals surface area contributed by atoms with Crippen LogP contribution in [-0.4, -0.2) is 17.9 Å². The molecule has 2 aromatic carbocycles. The summed E-state index contributed by atoms with van der Waals surface area (Å²) in [5, 5.41) is 13.7. The number of carboxylic acids is 1. The molecule has 0 fully saturated rings. The zero-order valence-electron chi connectivity index (χ0n) is 11.1. The molecule has 2 aromatic rings. The van der Waals surface area contributed by atoms with Crippen LogP contribution in [0.4, 0.5) is 0 Å². The maximum Gasteiger partial charge on any atom is 0.252 e. The van der Waals surface area contributed by atoms with Crippen LogP contribution in [0.3, 0.4) is 0 Å². The Morgan fingerprint density at radius 2 is 1.67 bits per heavy atom. The Bertz CT molecular complexity index is 643. The third-order valence-electron chi connectivity index (χ3n) is 2.99. The number of nitrogens with one attached hydrogen (secondary N) is 1. The Kier molecular flexibility index (Phi) is 5.11. The van der Waals surface area contributed by atoms with Crippen LogP contribution in [0.5, 0.6) is 0 Å². The van der Waals surface area contributed by atoms with Gasteiger partial charge in [-0.25, -0.2) is 0 Å². The fraction of sp³-hybridized carbons (Fsp3) is 0.125. The lowest BCUT2D eigenvalue weighted by molar-refractivity contribution is -0.308. The summed E-state index contributed by atoms with van der Waals surface area (Å²) >= 11 is 3.27. The molecule has 0 unspecified atom stereocenters. The zero-order valence-corrected chi connectivity index (χ0v) is 12.7. The predicted molar refractivity (Wildman–Crippen MR) is 80.5 cm³/mol. The number of hydrogen-bond acceptors (Lipinski definition) is 3. The Hall–Kier alpha value is -2.14. The van der Waals surface area contributed by atoms with Crippen molar-refractivity contribution in [2.24, 2.45) is 0 Å². The van der Waals surface area contributed by atoms with Gasteiger partial charge in [0.15, 0.2) is 0 Å². The van der Waals surface area contributed by atoms with Gasteiger partial charge in [0.05, 0.1) is 17.6 Å². The number of halogens is 1. The van der Waals surface area contributed by atoms with Gasteiger partial charge >= 0.3 is 0 Å². The average Bonchev–Trinajstić information content (AvgIpc) is 2.48. The lowest BCUT2D eigenvalue weighted by atomic mass is 10.1. The molecule has 0 aromatic heterocycles. The fourth-order valence-electron chi connectivity index (χ4n) is 1.92. The largest absolute Gasteiger partial charge is 0.548 e. The minimum Gasteiger partial charge on any atom is -0.548 e. The van der Waals surface area contributed by atoms with Gasteiger partial charge in [0.2, 0.25) is 0 Å². The molecule has 0 aliphatic rings. The van der Waals surface area contributed by atoms with Gasteiger partial charge in [0.1, 0.15) is 0 Å². The molecule has 0 radical (unpaired) electrons. The van der Waals surface area contributed by atoms with Crippen molar-refractivity contribution in [3.05, 3.63) is 70.2 Å². The molecule has 5 heteroatoms. The molecule has 2 rings (SSSR count). The van der Waals surface area contributed by atoms with Crippen molar-refractivity contribution in [1.82, 2.24) is 5.32 Å². The quantitative estimate of drug-likeness (QED) is 0.892. The highest BCUT2D eigenvalue weighted by atomic mass is 79.9. The molecule has 0 bridgehead atoms. The molecule has 0 spiro atoms. The molecule has 1 atom stereocenters. The number of carbonyl (C=O) groups is 2. The van der Waals surface area contributed by atoms with E-state index in [1.165, 1.54) is 0 Å². The first-order chi connectivity index (χ1) is 10.1. The molecular formula is C16H13BrNO3-. The van der Waals surface area contributed by atoms with Crippen molar-refractivity contribution in [3.8, 4) is 0 Å². The first-order valence-corrected chi connectivity index (χ1v) is 7.17. The molecule has 21 heavy (non-hydrogen) atoms. The summed E-state index contributed by atoms with van der Waals surface area (Å²) in [6.45, 7) is 0. The van der Waals surface area contributed by atoms with Crippen LogP contribution in [0.2, 0.25) is 0 Å². The Labute approximate surface area is 130 Å². The van der Waals surface area contributed by atoms with Crippen molar-refractivity contribution in [1.29, 1.82) is 0 Å². The van der Waals surface area contributed by atoms with E-state index < -0.39 is 17.9 Å². The fourth-order valence-corrected chi connectivity index (χ4v) is 2.39. The summed E-state index contributed by atoms with van der Waals surface area (Å²) in [6, 6.07) is 14.8. The first-order valence-electron chi connectivity index (χ1n) is 6.38. The van der Waals surface area contributed by atoms with Crippen LogP contribution >= 0.6 is 15.9 Å². The molecule has 0 saturated carbocycles. The zero-order chi connectivity index (χ0) is 15.2. The van der Waals surface area contributed by atoms with E-state index in [0.29, 0.717) is 10.0 Å². The van der Waals surface area contributed by atoms with Crippen LogP contribution in [0.1, 0.15) is 15.9 Å². The second-order valence-corrected chi connectivity index (χ2v) is 5.37. The molecule has 0 saturated heterocycles. The third-order valence-corrected chi connectivity index (χ3v) is 3.68. The van der Waals surface area contributed by atoms with Gasteiger partial charge < -0.3 is 15.2 Å². The predicted octanol–water partition coefficient (Wildman–Crippen LogP) is 1.54. The van der Waals surface area contributed by atoms with Crippen molar-refractivity contribution >= 4 is 27.8 Å². The molecule has 1 N–H and O–H groups in total. The van der Waals surface area contributed by atoms with Gasteiger partial charge in [-0.2, -0.15) is 0 Å². The van der Waals surface area contributed by atoms with Gasteiger partial charge in [0.25, 0.3) is 5.91 Å². The minimum absolute atomic E-state index is 0.180. The van der Waals surface area contributed by atoms with Crippen molar-refractivity contribution in [2.45, 2.75) is 12.5 Å². The van der Waals surface area contributed by atoms with Crippen molar-refractivity contribution in [3.63, 3.8) is 0 Å². The standard InChI is InChI=1S/C16H14BrNO3/c17-13-9-5-4-8-12(13)15(19)18-14(16(20)21)10-11-6-2-1-3-7-11/h1-9,14H,10H2,(H,18,19)(H,20,21)/p-1/t14-/m0/s1. The van der Waals surface area contributed by atoms with Gasteiger partial charge in [0, 0.05) is 4.47 Å². The van der Waals surface area contributed by atoms with E-state index in [2.05, 4.69) is 21.2 Å². The lowest BCUT2D eigenvalue weighted by Crippen LogP contribution is -2.49. The topological polar surface area (TPSA) is 69.2 Å². The lowest BCUT2D eigenvalue weighted by Gasteiger charge is -2.20. The molecular weight excluding hydrogens is 334 g/mol. The maximum atomic E-state index is 12.1. The van der Waals surface area contributed by atoms with Gasteiger partial charge in [-0.3, -0.25) is 4.79 Å². The summed E-state index contributed by atoms with van der Waals surface area (Å²) in [4.78, 5) is 23.4. The SMILES string of the molecule is O=C(N[C@@H](Cc1ccccc1)C(=O)[O-])c1ccccc1Br. The van der Waals surface area contributed by atoms with Crippen molar-refractivity contribution < 1.29 is 14.7 Å². The number of amides is 1. The van der Waals surface area contributed by atoms with E-state index in [0.717, 1.165) is 5.56 Å². The Morgan fingerprint density at radius 3 is 2.29 bits per heavy atom. The smallest absolute Gasteiger partial charge is 0.252 e. The van der Waals surface area contributed by atoms with Crippen molar-refractivity contribution in [2.75, 3.05) is 0 Å². The summed E-state index contributed by atoms with van der Waals surface area (Å²) < 4.78 is 0.610.